The number of aromatic nitrogens is 3. The van der Waals surface area contributed by atoms with Crippen LogP contribution in [0, 0.1) is 6.92 Å². The van der Waals surface area contributed by atoms with Crippen LogP contribution in [0.3, 0.4) is 0 Å². The molecule has 0 fully saturated rings. The van der Waals surface area contributed by atoms with E-state index in [-0.39, 0.29) is 0 Å². The molecule has 0 aromatic carbocycles. The van der Waals surface area contributed by atoms with Gasteiger partial charge in [0.15, 0.2) is 5.01 Å². The average molecular weight is 192 g/mol. The molecule has 0 bridgehead atoms. The van der Waals surface area contributed by atoms with E-state index >= 15 is 0 Å². The van der Waals surface area contributed by atoms with Gasteiger partial charge < -0.3 is 5.73 Å². The van der Waals surface area contributed by atoms with Crippen LogP contribution in [0.2, 0.25) is 0 Å². The molecule has 0 saturated carbocycles. The van der Waals surface area contributed by atoms with Crippen molar-refractivity contribution in [2.45, 2.75) is 6.92 Å². The summed E-state index contributed by atoms with van der Waals surface area (Å²) in [6.45, 7) is 1.94. The molecule has 0 spiro atoms. The molecule has 0 atom stereocenters. The van der Waals surface area contributed by atoms with Crippen LogP contribution in [-0.2, 0) is 0 Å². The summed E-state index contributed by atoms with van der Waals surface area (Å²) in [5.41, 5.74) is 7.43. The summed E-state index contributed by atoms with van der Waals surface area (Å²) < 4.78 is 0. The molecule has 66 valence electrons. The number of rotatable bonds is 1. The van der Waals surface area contributed by atoms with Gasteiger partial charge in [0.1, 0.15) is 0 Å². The summed E-state index contributed by atoms with van der Waals surface area (Å²) in [5.74, 6) is 0. The lowest BCUT2D eigenvalue weighted by Crippen LogP contribution is -1.85. The van der Waals surface area contributed by atoms with E-state index in [0.29, 0.717) is 5.13 Å². The fourth-order valence-electron chi connectivity index (χ4n) is 1.05. The predicted octanol–water partition coefficient (Wildman–Crippen LogP) is 1.49. The highest BCUT2D eigenvalue weighted by Crippen LogP contribution is 2.25. The van der Waals surface area contributed by atoms with Crippen molar-refractivity contribution in [1.29, 1.82) is 0 Å². The van der Waals surface area contributed by atoms with Gasteiger partial charge in [0.2, 0.25) is 5.13 Å². The molecular formula is C8H8N4S. The summed E-state index contributed by atoms with van der Waals surface area (Å²) in [5, 5.41) is 9.01. The Bertz CT molecular complexity index is 424. The van der Waals surface area contributed by atoms with Crippen LogP contribution in [0.1, 0.15) is 5.69 Å². The monoisotopic (exact) mass is 192 g/mol. The van der Waals surface area contributed by atoms with Gasteiger partial charge in [-0.25, -0.2) is 0 Å². The third kappa shape index (κ3) is 1.50. The van der Waals surface area contributed by atoms with Crippen molar-refractivity contribution in [3.05, 3.63) is 24.0 Å². The maximum absolute atomic E-state index is 5.49. The van der Waals surface area contributed by atoms with Crippen molar-refractivity contribution in [3.8, 4) is 10.6 Å². The molecule has 2 aromatic heterocycles. The predicted molar refractivity (Wildman–Crippen MR) is 52.3 cm³/mol. The van der Waals surface area contributed by atoms with Gasteiger partial charge in [0, 0.05) is 17.5 Å². The van der Waals surface area contributed by atoms with Gasteiger partial charge in [-0.05, 0) is 19.1 Å². The first-order valence-corrected chi connectivity index (χ1v) is 4.60. The molecule has 4 nitrogen and oxygen atoms in total. The van der Waals surface area contributed by atoms with Crippen molar-refractivity contribution >= 4 is 16.5 Å². The molecule has 13 heavy (non-hydrogen) atoms. The van der Waals surface area contributed by atoms with Crippen molar-refractivity contribution in [2.75, 3.05) is 5.73 Å². The molecule has 2 heterocycles. The highest BCUT2D eigenvalue weighted by atomic mass is 32.1. The zero-order valence-corrected chi connectivity index (χ0v) is 7.88. The van der Waals surface area contributed by atoms with Crippen LogP contribution in [-0.4, -0.2) is 15.2 Å². The van der Waals surface area contributed by atoms with E-state index < -0.39 is 0 Å². The molecule has 0 aliphatic heterocycles. The number of nitrogens with zero attached hydrogens (tertiary/aromatic N) is 3. The third-order valence-corrected chi connectivity index (χ3v) is 2.46. The molecule has 2 N–H and O–H groups in total. The first-order valence-electron chi connectivity index (χ1n) is 3.78. The Balaban J connectivity index is 2.52. The summed E-state index contributed by atoms with van der Waals surface area (Å²) in [6.07, 6.45) is 1.75. The Hall–Kier alpha value is -1.49. The second-order valence-electron chi connectivity index (χ2n) is 2.58. The summed E-state index contributed by atoms with van der Waals surface area (Å²) in [4.78, 5) is 4.16. The maximum Gasteiger partial charge on any atom is 0.203 e. The SMILES string of the molecule is Cc1ncccc1-c1nnc(N)s1. The Morgan fingerprint density at radius 1 is 1.38 bits per heavy atom. The zero-order valence-electron chi connectivity index (χ0n) is 7.06. The fraction of sp³-hybridized carbons (Fsp3) is 0.125. The maximum atomic E-state index is 5.49. The number of aryl methyl sites for hydroxylation is 1. The molecule has 0 aliphatic rings. The second-order valence-corrected chi connectivity index (χ2v) is 3.59. The van der Waals surface area contributed by atoms with Crippen LogP contribution >= 0.6 is 11.3 Å². The average Bonchev–Trinajstić information content (AvgIpc) is 2.53. The highest BCUT2D eigenvalue weighted by molar-refractivity contribution is 7.18. The van der Waals surface area contributed by atoms with E-state index in [0.717, 1.165) is 16.3 Å². The third-order valence-electron chi connectivity index (χ3n) is 1.68. The van der Waals surface area contributed by atoms with Crippen LogP contribution in [0.25, 0.3) is 10.6 Å². The Kier molecular flexibility index (Phi) is 1.94. The standard InChI is InChI=1S/C8H8N4S/c1-5-6(3-2-4-10-5)7-11-12-8(9)13-7/h2-4H,1H3,(H2,9,12). The number of nitrogen functional groups attached to an aromatic ring is 1. The highest BCUT2D eigenvalue weighted by Gasteiger charge is 2.06. The van der Waals surface area contributed by atoms with Crippen LogP contribution in [0.5, 0.6) is 0 Å². The van der Waals surface area contributed by atoms with Crippen LogP contribution in [0.4, 0.5) is 5.13 Å². The molecule has 0 amide bonds. The van der Waals surface area contributed by atoms with Gasteiger partial charge in [0.05, 0.1) is 0 Å². The minimum Gasteiger partial charge on any atom is -0.374 e. The molecule has 0 saturated heterocycles. The van der Waals surface area contributed by atoms with Crippen molar-refractivity contribution in [3.63, 3.8) is 0 Å². The van der Waals surface area contributed by atoms with E-state index in [2.05, 4.69) is 15.2 Å². The minimum absolute atomic E-state index is 0.484. The second kappa shape index (κ2) is 3.10. The Labute approximate surface area is 79.5 Å². The number of nitrogens with two attached hydrogens (primary N) is 1. The first kappa shape index (κ1) is 8.12. The van der Waals surface area contributed by atoms with Crippen LogP contribution < -0.4 is 5.73 Å². The summed E-state index contributed by atoms with van der Waals surface area (Å²) in [6, 6.07) is 3.84. The van der Waals surface area contributed by atoms with Gasteiger partial charge in [-0.15, -0.1) is 10.2 Å². The van der Waals surface area contributed by atoms with Gasteiger partial charge in [0.25, 0.3) is 0 Å². The van der Waals surface area contributed by atoms with Crippen molar-refractivity contribution < 1.29 is 0 Å². The molecular weight excluding hydrogens is 184 g/mol. The first-order chi connectivity index (χ1) is 6.27. The lowest BCUT2D eigenvalue weighted by atomic mass is 10.2. The lowest BCUT2D eigenvalue weighted by molar-refractivity contribution is 1.09. The number of hydrogen-bond donors (Lipinski definition) is 1. The van der Waals surface area contributed by atoms with E-state index in [9.17, 15) is 0 Å². The molecule has 5 heteroatoms. The smallest absolute Gasteiger partial charge is 0.203 e. The number of pyridine rings is 1. The summed E-state index contributed by atoms with van der Waals surface area (Å²) in [7, 11) is 0. The van der Waals surface area contributed by atoms with Gasteiger partial charge in [-0.2, -0.15) is 0 Å². The van der Waals surface area contributed by atoms with Crippen LogP contribution in [0.15, 0.2) is 18.3 Å². The zero-order chi connectivity index (χ0) is 9.26. The van der Waals surface area contributed by atoms with Gasteiger partial charge >= 0.3 is 0 Å². The summed E-state index contributed by atoms with van der Waals surface area (Å²) >= 11 is 1.37. The van der Waals surface area contributed by atoms with E-state index in [1.54, 1.807) is 6.20 Å². The quantitative estimate of drug-likeness (QED) is 0.743. The number of hydrogen-bond acceptors (Lipinski definition) is 5. The minimum atomic E-state index is 0.484. The Morgan fingerprint density at radius 2 is 2.23 bits per heavy atom. The van der Waals surface area contributed by atoms with Gasteiger partial charge in [-0.1, -0.05) is 11.3 Å². The van der Waals surface area contributed by atoms with E-state index in [1.165, 1.54) is 11.3 Å². The van der Waals surface area contributed by atoms with Crippen molar-refractivity contribution in [2.24, 2.45) is 0 Å². The molecule has 2 rings (SSSR count). The van der Waals surface area contributed by atoms with Gasteiger partial charge in [-0.3, -0.25) is 4.98 Å². The molecule has 0 unspecified atom stereocenters. The largest absolute Gasteiger partial charge is 0.374 e. The topological polar surface area (TPSA) is 64.7 Å². The molecule has 2 aromatic rings. The Morgan fingerprint density at radius 3 is 2.85 bits per heavy atom. The molecule has 0 radical (unpaired) electrons. The number of anilines is 1. The van der Waals surface area contributed by atoms with Crippen molar-refractivity contribution in [1.82, 2.24) is 15.2 Å². The van der Waals surface area contributed by atoms with E-state index in [1.807, 2.05) is 19.1 Å². The lowest BCUT2D eigenvalue weighted by Gasteiger charge is -1.97. The van der Waals surface area contributed by atoms with E-state index in [4.69, 9.17) is 5.73 Å². The fourth-order valence-corrected chi connectivity index (χ4v) is 1.74. The normalized spacial score (nSPS) is 10.2. The molecule has 0 aliphatic carbocycles.